The van der Waals surface area contributed by atoms with E-state index in [-0.39, 0.29) is 16.0 Å². The number of hydrogen-bond acceptors (Lipinski definition) is 3. The van der Waals surface area contributed by atoms with Gasteiger partial charge in [0.2, 0.25) is 10.0 Å². The van der Waals surface area contributed by atoms with Crippen molar-refractivity contribution in [2.24, 2.45) is 5.41 Å². The highest BCUT2D eigenvalue weighted by atomic mass is 32.2. The molecule has 6 heteroatoms. The molecule has 0 bridgehead atoms. The molecule has 0 unspecified atom stereocenters. The predicted octanol–water partition coefficient (Wildman–Crippen LogP) is 1.83. The summed E-state index contributed by atoms with van der Waals surface area (Å²) in [5, 5.41) is 0. The lowest BCUT2D eigenvalue weighted by Crippen LogP contribution is -2.31. The van der Waals surface area contributed by atoms with Crippen molar-refractivity contribution in [3.8, 4) is 0 Å². The zero-order chi connectivity index (χ0) is 13.6. The molecule has 0 aromatic heterocycles. The second-order valence-electron chi connectivity index (χ2n) is 5.44. The Morgan fingerprint density at radius 2 is 2.06 bits per heavy atom. The minimum atomic E-state index is -3.75. The highest BCUT2D eigenvalue weighted by molar-refractivity contribution is 7.89. The fraction of sp³-hybridized carbons (Fsp3) is 0.500. The molecular formula is C12H17FN2O2S. The smallest absolute Gasteiger partial charge is 0.246 e. The van der Waals surface area contributed by atoms with Crippen LogP contribution in [-0.2, 0) is 10.0 Å². The van der Waals surface area contributed by atoms with Crippen molar-refractivity contribution in [3.63, 3.8) is 0 Å². The third kappa shape index (κ3) is 2.35. The van der Waals surface area contributed by atoms with Crippen LogP contribution in [0.5, 0.6) is 0 Å². The summed E-state index contributed by atoms with van der Waals surface area (Å²) in [6.45, 7) is 4.85. The van der Waals surface area contributed by atoms with Crippen LogP contribution in [0.3, 0.4) is 0 Å². The maximum absolute atomic E-state index is 13.7. The van der Waals surface area contributed by atoms with Crippen molar-refractivity contribution in [3.05, 3.63) is 24.0 Å². The Balaban J connectivity index is 2.38. The molecule has 0 spiro atoms. The molecule has 1 aromatic rings. The molecule has 18 heavy (non-hydrogen) atoms. The molecule has 2 N–H and O–H groups in total. The van der Waals surface area contributed by atoms with Crippen LogP contribution in [-0.4, -0.2) is 25.8 Å². The lowest BCUT2D eigenvalue weighted by atomic mass is 9.93. The van der Waals surface area contributed by atoms with Gasteiger partial charge in [0, 0.05) is 18.8 Å². The first-order valence-electron chi connectivity index (χ1n) is 5.78. The molecule has 0 aliphatic carbocycles. The Kier molecular flexibility index (Phi) is 3.11. The van der Waals surface area contributed by atoms with Gasteiger partial charge in [-0.3, -0.25) is 0 Å². The number of nitrogens with two attached hydrogens (primary N) is 1. The van der Waals surface area contributed by atoms with Crippen LogP contribution in [0.2, 0.25) is 0 Å². The number of benzene rings is 1. The molecule has 1 aliphatic heterocycles. The average Bonchev–Trinajstić information content (AvgIpc) is 2.58. The van der Waals surface area contributed by atoms with E-state index in [1.54, 1.807) is 0 Å². The number of sulfonamides is 1. The van der Waals surface area contributed by atoms with Gasteiger partial charge < -0.3 is 5.73 Å². The van der Waals surface area contributed by atoms with Gasteiger partial charge in [0.25, 0.3) is 0 Å². The predicted molar refractivity (Wildman–Crippen MR) is 68.0 cm³/mol. The highest BCUT2D eigenvalue weighted by Crippen LogP contribution is 2.33. The van der Waals surface area contributed by atoms with E-state index in [0.29, 0.717) is 13.1 Å². The monoisotopic (exact) mass is 272 g/mol. The zero-order valence-electron chi connectivity index (χ0n) is 10.5. The Labute approximate surface area is 107 Å². The van der Waals surface area contributed by atoms with Gasteiger partial charge in [-0.1, -0.05) is 13.8 Å². The van der Waals surface area contributed by atoms with Crippen molar-refractivity contribution in [1.29, 1.82) is 0 Å². The van der Waals surface area contributed by atoms with Gasteiger partial charge in [-0.05, 0) is 30.0 Å². The van der Waals surface area contributed by atoms with Crippen molar-refractivity contribution < 1.29 is 12.8 Å². The molecule has 100 valence electrons. The van der Waals surface area contributed by atoms with Crippen LogP contribution >= 0.6 is 0 Å². The molecule has 0 saturated carbocycles. The summed E-state index contributed by atoms with van der Waals surface area (Å²) in [7, 11) is -3.75. The quantitative estimate of drug-likeness (QED) is 0.835. The van der Waals surface area contributed by atoms with E-state index in [0.717, 1.165) is 12.5 Å². The molecule has 4 nitrogen and oxygen atoms in total. The van der Waals surface area contributed by atoms with E-state index >= 15 is 0 Å². The van der Waals surface area contributed by atoms with Crippen LogP contribution in [0.1, 0.15) is 20.3 Å². The van der Waals surface area contributed by atoms with Crippen molar-refractivity contribution >= 4 is 15.7 Å². The SMILES string of the molecule is CC1(C)CCN(S(=O)(=O)c2ccc(N)cc2F)C1. The summed E-state index contributed by atoms with van der Waals surface area (Å²) in [6, 6.07) is 3.66. The number of hydrogen-bond donors (Lipinski definition) is 1. The molecule has 1 aliphatic rings. The maximum atomic E-state index is 13.7. The van der Waals surface area contributed by atoms with Crippen LogP contribution in [0, 0.1) is 11.2 Å². The summed E-state index contributed by atoms with van der Waals surface area (Å²) in [5.41, 5.74) is 5.58. The summed E-state index contributed by atoms with van der Waals surface area (Å²) >= 11 is 0. The van der Waals surface area contributed by atoms with Crippen molar-refractivity contribution in [2.75, 3.05) is 18.8 Å². The van der Waals surface area contributed by atoms with E-state index in [1.165, 1.54) is 16.4 Å². The molecule has 0 radical (unpaired) electrons. The van der Waals surface area contributed by atoms with Gasteiger partial charge in [-0.2, -0.15) is 4.31 Å². The zero-order valence-corrected chi connectivity index (χ0v) is 11.3. The fourth-order valence-corrected chi connectivity index (χ4v) is 3.81. The molecule has 1 fully saturated rings. The Morgan fingerprint density at radius 1 is 1.39 bits per heavy atom. The van der Waals surface area contributed by atoms with Crippen LogP contribution in [0.15, 0.2) is 23.1 Å². The van der Waals surface area contributed by atoms with Gasteiger partial charge in [0.15, 0.2) is 0 Å². The first-order valence-corrected chi connectivity index (χ1v) is 7.22. The standard InChI is InChI=1S/C12H17FN2O2S/c1-12(2)5-6-15(8-12)18(16,17)11-4-3-9(14)7-10(11)13/h3-4,7H,5-6,8,14H2,1-2H3. The molecule has 0 amide bonds. The molecular weight excluding hydrogens is 255 g/mol. The minimum Gasteiger partial charge on any atom is -0.399 e. The van der Waals surface area contributed by atoms with Gasteiger partial charge in [0.05, 0.1) is 0 Å². The number of halogens is 1. The van der Waals surface area contributed by atoms with Crippen molar-refractivity contribution in [2.45, 2.75) is 25.2 Å². The summed E-state index contributed by atoms with van der Waals surface area (Å²) in [5.74, 6) is -0.792. The van der Waals surface area contributed by atoms with Crippen LogP contribution < -0.4 is 5.73 Å². The van der Waals surface area contributed by atoms with Crippen molar-refractivity contribution in [1.82, 2.24) is 4.31 Å². The Bertz CT molecular complexity index is 569. The maximum Gasteiger partial charge on any atom is 0.246 e. The highest BCUT2D eigenvalue weighted by Gasteiger charge is 2.37. The molecule has 1 heterocycles. The Morgan fingerprint density at radius 3 is 2.56 bits per heavy atom. The third-order valence-electron chi connectivity index (χ3n) is 3.22. The average molecular weight is 272 g/mol. The number of nitrogens with zero attached hydrogens (tertiary/aromatic N) is 1. The van der Waals surface area contributed by atoms with E-state index in [4.69, 9.17) is 5.73 Å². The number of anilines is 1. The summed E-state index contributed by atoms with van der Waals surface area (Å²) in [6.07, 6.45) is 0.781. The van der Waals surface area contributed by atoms with E-state index in [1.807, 2.05) is 13.8 Å². The second-order valence-corrected chi connectivity index (χ2v) is 7.35. The van der Waals surface area contributed by atoms with E-state index in [2.05, 4.69) is 0 Å². The van der Waals surface area contributed by atoms with Gasteiger partial charge in [-0.15, -0.1) is 0 Å². The number of rotatable bonds is 2. The Hall–Kier alpha value is -1.14. The molecule has 1 aromatic carbocycles. The van der Waals surface area contributed by atoms with Crippen LogP contribution in [0.25, 0.3) is 0 Å². The normalized spacial score (nSPS) is 20.2. The second kappa shape index (κ2) is 4.20. The van der Waals surface area contributed by atoms with Crippen LogP contribution in [0.4, 0.5) is 10.1 Å². The van der Waals surface area contributed by atoms with Gasteiger partial charge >= 0.3 is 0 Å². The third-order valence-corrected chi connectivity index (χ3v) is 5.09. The summed E-state index contributed by atoms with van der Waals surface area (Å²) in [4.78, 5) is -0.297. The summed E-state index contributed by atoms with van der Waals surface area (Å²) < 4.78 is 39.6. The van der Waals surface area contributed by atoms with Gasteiger partial charge in [0.1, 0.15) is 10.7 Å². The molecule has 1 saturated heterocycles. The fourth-order valence-electron chi connectivity index (χ4n) is 2.13. The molecule has 0 atom stereocenters. The number of nitrogen functional groups attached to an aromatic ring is 1. The first-order chi connectivity index (χ1) is 8.22. The lowest BCUT2D eigenvalue weighted by molar-refractivity contribution is 0.374. The largest absolute Gasteiger partial charge is 0.399 e. The minimum absolute atomic E-state index is 0.0582. The molecule has 2 rings (SSSR count). The lowest BCUT2D eigenvalue weighted by Gasteiger charge is -2.20. The van der Waals surface area contributed by atoms with Gasteiger partial charge in [-0.25, -0.2) is 12.8 Å². The first kappa shape index (κ1) is 13.3. The van der Waals surface area contributed by atoms with E-state index in [9.17, 15) is 12.8 Å². The van der Waals surface area contributed by atoms with E-state index < -0.39 is 15.8 Å². The topological polar surface area (TPSA) is 63.4 Å².